The summed E-state index contributed by atoms with van der Waals surface area (Å²) in [6, 6.07) is 11.7. The van der Waals surface area contributed by atoms with E-state index in [0.717, 1.165) is 28.2 Å². The van der Waals surface area contributed by atoms with Crippen molar-refractivity contribution in [3.05, 3.63) is 53.6 Å². The second-order valence-corrected chi connectivity index (χ2v) is 5.38. The number of aromatic nitrogens is 3. The third-order valence-corrected chi connectivity index (χ3v) is 3.88. The minimum Gasteiger partial charge on any atom is -0.328 e. The summed E-state index contributed by atoms with van der Waals surface area (Å²) in [4.78, 5) is 21.3. The lowest BCUT2D eigenvalue weighted by atomic mass is 10.1. The molecule has 0 atom stereocenters. The van der Waals surface area contributed by atoms with Gasteiger partial charge in [0.1, 0.15) is 5.82 Å². The van der Waals surface area contributed by atoms with E-state index in [9.17, 15) is 4.79 Å². The van der Waals surface area contributed by atoms with Gasteiger partial charge in [0.15, 0.2) is 0 Å². The van der Waals surface area contributed by atoms with Gasteiger partial charge in [0.2, 0.25) is 0 Å². The maximum absolute atomic E-state index is 12.2. The van der Waals surface area contributed by atoms with Gasteiger partial charge in [-0.25, -0.2) is 4.98 Å². The Hall–Kier alpha value is -2.95. The number of benzene rings is 1. The lowest BCUT2D eigenvalue weighted by Crippen LogP contribution is -2.04. The van der Waals surface area contributed by atoms with Crippen LogP contribution in [-0.4, -0.2) is 20.4 Å². The van der Waals surface area contributed by atoms with Gasteiger partial charge in [-0.15, -0.1) is 0 Å². The van der Waals surface area contributed by atoms with Crippen LogP contribution in [0.15, 0.2) is 36.4 Å². The summed E-state index contributed by atoms with van der Waals surface area (Å²) in [6.07, 6.45) is 1.80. The highest BCUT2D eigenvalue weighted by molar-refractivity contribution is 6.34. The molecule has 5 heteroatoms. The molecule has 108 valence electrons. The zero-order valence-corrected chi connectivity index (χ0v) is 12.3. The molecule has 0 bridgehead atoms. The number of hydrogen-bond acceptors (Lipinski definition) is 3. The van der Waals surface area contributed by atoms with Crippen LogP contribution in [0.25, 0.3) is 22.7 Å². The topological polar surface area (TPSA) is 59.8 Å². The number of carbonyl (C=O) groups excluding carboxylic acids is 1. The largest absolute Gasteiger partial charge is 0.328 e. The van der Waals surface area contributed by atoms with Gasteiger partial charge in [0.25, 0.3) is 5.91 Å². The number of rotatable bonds is 1. The van der Waals surface area contributed by atoms with Gasteiger partial charge in [0.05, 0.1) is 28.0 Å². The predicted molar refractivity (Wildman–Crippen MR) is 86.2 cm³/mol. The molecular weight excluding hydrogens is 276 g/mol. The maximum atomic E-state index is 12.2. The van der Waals surface area contributed by atoms with Crippen LogP contribution >= 0.6 is 0 Å². The summed E-state index contributed by atoms with van der Waals surface area (Å²) < 4.78 is 1.98. The number of hydrogen-bond donors (Lipinski definition) is 1. The van der Waals surface area contributed by atoms with E-state index in [4.69, 9.17) is 0 Å². The average molecular weight is 290 g/mol. The fourth-order valence-corrected chi connectivity index (χ4v) is 2.72. The number of anilines is 1. The highest BCUT2D eigenvalue weighted by Gasteiger charge is 2.26. The Balaban J connectivity index is 1.91. The first-order chi connectivity index (χ1) is 10.6. The Kier molecular flexibility index (Phi) is 2.63. The maximum Gasteiger partial charge on any atom is 0.258 e. The number of para-hydroxylation sites is 2. The monoisotopic (exact) mass is 290 g/mol. The second kappa shape index (κ2) is 4.53. The molecule has 0 saturated heterocycles. The van der Waals surface area contributed by atoms with Gasteiger partial charge >= 0.3 is 0 Å². The average Bonchev–Trinajstić information content (AvgIpc) is 2.99. The minimum absolute atomic E-state index is 0.139. The first-order valence-corrected chi connectivity index (χ1v) is 7.06. The van der Waals surface area contributed by atoms with Crippen molar-refractivity contribution in [3.8, 4) is 0 Å². The molecule has 22 heavy (non-hydrogen) atoms. The molecule has 5 nitrogen and oxygen atoms in total. The van der Waals surface area contributed by atoms with Crippen molar-refractivity contribution in [1.82, 2.24) is 14.5 Å². The molecule has 1 aromatic carbocycles. The zero-order chi connectivity index (χ0) is 15.3. The molecule has 3 aromatic rings. The Labute approximate surface area is 127 Å². The molecule has 0 saturated carbocycles. The van der Waals surface area contributed by atoms with Crippen molar-refractivity contribution < 1.29 is 4.79 Å². The molecule has 1 aliphatic heterocycles. The highest BCUT2D eigenvalue weighted by atomic mass is 16.2. The first kappa shape index (κ1) is 12.8. The van der Waals surface area contributed by atoms with Gasteiger partial charge in [-0.1, -0.05) is 12.1 Å². The third-order valence-electron chi connectivity index (χ3n) is 3.88. The molecule has 1 amide bonds. The molecule has 2 aromatic heterocycles. The molecule has 4 rings (SSSR count). The zero-order valence-electron chi connectivity index (χ0n) is 12.3. The lowest BCUT2D eigenvalue weighted by Gasteiger charge is -2.00. The van der Waals surface area contributed by atoms with Gasteiger partial charge in [-0.3, -0.25) is 9.78 Å². The van der Waals surface area contributed by atoms with Crippen LogP contribution in [0.5, 0.6) is 0 Å². The van der Waals surface area contributed by atoms with Gasteiger partial charge in [-0.05, 0) is 37.3 Å². The summed E-state index contributed by atoms with van der Waals surface area (Å²) in [5.41, 5.74) is 4.82. The molecule has 0 unspecified atom stereocenters. The smallest absolute Gasteiger partial charge is 0.258 e. The fraction of sp³-hybridized carbons (Fsp3) is 0.118. The van der Waals surface area contributed by atoms with Crippen molar-refractivity contribution in [2.45, 2.75) is 6.92 Å². The Morgan fingerprint density at radius 3 is 2.77 bits per heavy atom. The van der Waals surface area contributed by atoms with E-state index < -0.39 is 0 Å². The van der Waals surface area contributed by atoms with Gasteiger partial charge in [0, 0.05) is 12.7 Å². The molecule has 1 aliphatic rings. The standard InChI is InChI=1S/C17H14N4O/c1-10-7-8-13-16(18-10)11(17(22)20-13)9-15-19-12-5-3-4-6-14(12)21(15)2/h3-9H,1-2H3,(H,20,22). The Bertz CT molecular complexity index is 952. The second-order valence-electron chi connectivity index (χ2n) is 5.38. The van der Waals surface area contributed by atoms with Crippen molar-refractivity contribution in [2.24, 2.45) is 7.05 Å². The number of nitrogens with one attached hydrogen (secondary N) is 1. The van der Waals surface area contributed by atoms with E-state index in [2.05, 4.69) is 15.3 Å². The molecule has 0 radical (unpaired) electrons. The number of amides is 1. The van der Waals surface area contributed by atoms with Crippen molar-refractivity contribution >= 4 is 34.3 Å². The summed E-state index contributed by atoms with van der Waals surface area (Å²) in [7, 11) is 1.94. The van der Waals surface area contributed by atoms with Crippen molar-refractivity contribution in [2.75, 3.05) is 5.32 Å². The minimum atomic E-state index is -0.139. The Morgan fingerprint density at radius 1 is 1.14 bits per heavy atom. The molecule has 0 spiro atoms. The lowest BCUT2D eigenvalue weighted by molar-refractivity contribution is -0.110. The molecule has 0 fully saturated rings. The first-order valence-electron chi connectivity index (χ1n) is 7.06. The molecule has 3 heterocycles. The summed E-state index contributed by atoms with van der Waals surface area (Å²) in [5.74, 6) is 0.600. The van der Waals surface area contributed by atoms with Crippen LogP contribution in [0, 0.1) is 6.92 Å². The van der Waals surface area contributed by atoms with Gasteiger partial charge < -0.3 is 9.88 Å². The van der Waals surface area contributed by atoms with Crippen LogP contribution < -0.4 is 5.32 Å². The number of imidazole rings is 1. The van der Waals surface area contributed by atoms with Crippen LogP contribution in [0.3, 0.4) is 0 Å². The number of aryl methyl sites for hydroxylation is 2. The molecule has 0 aliphatic carbocycles. The number of carbonyl (C=O) groups is 1. The summed E-state index contributed by atoms with van der Waals surface area (Å²) in [6.45, 7) is 1.91. The fourth-order valence-electron chi connectivity index (χ4n) is 2.72. The van der Waals surface area contributed by atoms with E-state index in [1.165, 1.54) is 0 Å². The van der Waals surface area contributed by atoms with Crippen LogP contribution in [0.1, 0.15) is 17.2 Å². The number of pyridine rings is 1. The van der Waals surface area contributed by atoms with E-state index in [-0.39, 0.29) is 5.91 Å². The van der Waals surface area contributed by atoms with E-state index >= 15 is 0 Å². The highest BCUT2D eigenvalue weighted by Crippen LogP contribution is 2.31. The van der Waals surface area contributed by atoms with E-state index in [1.54, 1.807) is 6.08 Å². The van der Waals surface area contributed by atoms with Crippen LogP contribution in [0.2, 0.25) is 0 Å². The normalized spacial score (nSPS) is 15.4. The van der Waals surface area contributed by atoms with E-state index in [1.807, 2.05) is 54.9 Å². The van der Waals surface area contributed by atoms with Crippen molar-refractivity contribution in [1.29, 1.82) is 0 Å². The third kappa shape index (κ3) is 1.83. The summed E-state index contributed by atoms with van der Waals surface area (Å²) >= 11 is 0. The number of fused-ring (bicyclic) bond motifs is 2. The number of nitrogens with zero attached hydrogens (tertiary/aromatic N) is 3. The predicted octanol–water partition coefficient (Wildman–Crippen LogP) is 2.77. The SMILES string of the molecule is Cc1ccc2c(n1)C(=Cc1nc3ccccc3n1C)C(=O)N2. The van der Waals surface area contributed by atoms with Gasteiger partial charge in [-0.2, -0.15) is 0 Å². The van der Waals surface area contributed by atoms with Crippen molar-refractivity contribution in [3.63, 3.8) is 0 Å². The van der Waals surface area contributed by atoms with E-state index in [0.29, 0.717) is 11.3 Å². The summed E-state index contributed by atoms with van der Waals surface area (Å²) in [5, 5.41) is 2.84. The quantitative estimate of drug-likeness (QED) is 0.701. The van der Waals surface area contributed by atoms with Crippen LogP contribution in [-0.2, 0) is 11.8 Å². The molecular formula is C17H14N4O. The van der Waals surface area contributed by atoms with Crippen LogP contribution in [0.4, 0.5) is 5.69 Å². The Morgan fingerprint density at radius 2 is 1.95 bits per heavy atom. The molecule has 1 N–H and O–H groups in total.